The van der Waals surface area contributed by atoms with Crippen LogP contribution < -0.4 is 10.9 Å². The van der Waals surface area contributed by atoms with Gasteiger partial charge in [-0.1, -0.05) is 36.4 Å². The molecule has 4 aromatic rings. The van der Waals surface area contributed by atoms with Crippen molar-refractivity contribution < 1.29 is 4.79 Å². The van der Waals surface area contributed by atoms with Crippen molar-refractivity contribution in [1.82, 2.24) is 14.7 Å². The third kappa shape index (κ3) is 4.36. The Balaban J connectivity index is 1.34. The minimum atomic E-state index is -0.0706. The fourth-order valence-corrected chi connectivity index (χ4v) is 4.89. The van der Waals surface area contributed by atoms with Crippen molar-refractivity contribution in [2.24, 2.45) is 0 Å². The molecule has 4 rings (SSSR count). The van der Waals surface area contributed by atoms with Crippen LogP contribution >= 0.6 is 23.1 Å². The largest absolute Gasteiger partial charge is 0.349 e. The second-order valence-corrected chi connectivity index (χ2v) is 8.79. The molecule has 0 aliphatic carbocycles. The van der Waals surface area contributed by atoms with Crippen molar-refractivity contribution in [3.63, 3.8) is 0 Å². The highest BCUT2D eigenvalue weighted by Crippen LogP contribution is 2.20. The lowest BCUT2D eigenvalue weighted by Gasteiger charge is -2.15. The predicted octanol–water partition coefficient (Wildman–Crippen LogP) is 4.33. The van der Waals surface area contributed by atoms with Crippen LogP contribution in [-0.4, -0.2) is 21.0 Å². The number of fused-ring (bicyclic) bond motifs is 2. The molecule has 29 heavy (non-hydrogen) atoms. The van der Waals surface area contributed by atoms with Crippen LogP contribution in [0.1, 0.15) is 29.9 Å². The monoisotopic (exact) mass is 423 g/mol. The number of nitrogens with zero attached hydrogens (tertiary/aromatic N) is 2. The molecule has 0 aliphatic rings. The predicted molar refractivity (Wildman–Crippen MR) is 121 cm³/mol. The third-order valence-corrected chi connectivity index (χ3v) is 6.67. The summed E-state index contributed by atoms with van der Waals surface area (Å²) in [5.41, 5.74) is 2.61. The molecule has 148 valence electrons. The van der Waals surface area contributed by atoms with E-state index in [0.29, 0.717) is 22.2 Å². The van der Waals surface area contributed by atoms with Crippen molar-refractivity contribution in [1.29, 1.82) is 0 Å². The first-order valence-corrected chi connectivity index (χ1v) is 11.4. The summed E-state index contributed by atoms with van der Waals surface area (Å²) < 4.78 is 1.61. The lowest BCUT2D eigenvalue weighted by atomic mass is 10.0. The number of aromatic nitrogens is 2. The average Bonchev–Trinajstić information content (AvgIpc) is 3.08. The maximum absolute atomic E-state index is 12.3. The first kappa shape index (κ1) is 19.7. The van der Waals surface area contributed by atoms with E-state index in [2.05, 4.69) is 40.6 Å². The third-order valence-electron chi connectivity index (χ3n) is 4.76. The molecule has 1 N–H and O–H groups in total. The Morgan fingerprint density at radius 2 is 2.00 bits per heavy atom. The van der Waals surface area contributed by atoms with E-state index in [1.165, 1.54) is 28.5 Å². The average molecular weight is 424 g/mol. The molecule has 5 nitrogen and oxygen atoms in total. The molecule has 1 atom stereocenters. The number of hydrogen-bond donors (Lipinski definition) is 1. The zero-order valence-corrected chi connectivity index (χ0v) is 17.8. The van der Waals surface area contributed by atoms with Crippen molar-refractivity contribution in [3.05, 3.63) is 81.2 Å². The number of thioether (sulfide) groups is 1. The molecule has 0 saturated carbocycles. The molecule has 0 saturated heterocycles. The molecule has 1 amide bonds. The molecular formula is C22H21N3O2S2. The molecule has 0 aliphatic heterocycles. The second kappa shape index (κ2) is 8.39. The molecule has 0 fully saturated rings. The summed E-state index contributed by atoms with van der Waals surface area (Å²) in [6.07, 6.45) is 0. The molecule has 1 unspecified atom stereocenters. The number of thiazole rings is 1. The lowest BCUT2D eigenvalue weighted by Crippen LogP contribution is -2.28. The number of carbonyl (C=O) groups is 1. The van der Waals surface area contributed by atoms with Gasteiger partial charge in [-0.2, -0.15) is 0 Å². The Kier molecular flexibility index (Phi) is 5.69. The van der Waals surface area contributed by atoms with Crippen LogP contribution in [-0.2, 0) is 10.5 Å². The number of nitrogens with one attached hydrogen (secondary N) is 1. The summed E-state index contributed by atoms with van der Waals surface area (Å²) in [4.78, 5) is 29.8. The minimum absolute atomic E-state index is 0.0274. The number of carbonyl (C=O) groups excluding carboxylic acids is 1. The highest BCUT2D eigenvalue weighted by atomic mass is 32.2. The molecule has 2 aromatic heterocycles. The summed E-state index contributed by atoms with van der Waals surface area (Å²) in [5.74, 6) is 0.823. The van der Waals surface area contributed by atoms with Gasteiger partial charge in [-0.3, -0.25) is 14.0 Å². The van der Waals surface area contributed by atoms with E-state index in [1.807, 2.05) is 31.4 Å². The van der Waals surface area contributed by atoms with Crippen LogP contribution in [0.2, 0.25) is 0 Å². The zero-order valence-electron chi connectivity index (χ0n) is 16.2. The number of hydrogen-bond acceptors (Lipinski definition) is 5. The van der Waals surface area contributed by atoms with Gasteiger partial charge in [0.15, 0.2) is 4.96 Å². The fourth-order valence-electron chi connectivity index (χ4n) is 3.27. The van der Waals surface area contributed by atoms with Gasteiger partial charge >= 0.3 is 0 Å². The molecule has 2 aromatic carbocycles. The first-order valence-electron chi connectivity index (χ1n) is 9.34. The minimum Gasteiger partial charge on any atom is -0.349 e. The van der Waals surface area contributed by atoms with Gasteiger partial charge in [0, 0.05) is 22.9 Å². The van der Waals surface area contributed by atoms with Crippen LogP contribution in [0.3, 0.4) is 0 Å². The Hall–Kier alpha value is -2.64. The van der Waals surface area contributed by atoms with E-state index >= 15 is 0 Å². The van der Waals surface area contributed by atoms with Gasteiger partial charge in [0.25, 0.3) is 5.56 Å². The van der Waals surface area contributed by atoms with E-state index in [9.17, 15) is 9.59 Å². The number of benzene rings is 2. The summed E-state index contributed by atoms with van der Waals surface area (Å²) in [7, 11) is 0. The van der Waals surface area contributed by atoms with Gasteiger partial charge in [-0.25, -0.2) is 4.98 Å². The van der Waals surface area contributed by atoms with E-state index in [-0.39, 0.29) is 17.5 Å². The van der Waals surface area contributed by atoms with Crippen molar-refractivity contribution in [2.75, 3.05) is 5.75 Å². The van der Waals surface area contributed by atoms with Crippen molar-refractivity contribution >= 4 is 44.7 Å². The first-order chi connectivity index (χ1) is 14.0. The van der Waals surface area contributed by atoms with Crippen molar-refractivity contribution in [3.8, 4) is 0 Å². The summed E-state index contributed by atoms with van der Waals surface area (Å²) >= 11 is 2.91. The number of rotatable bonds is 6. The highest BCUT2D eigenvalue weighted by molar-refractivity contribution is 7.99. The molecule has 7 heteroatoms. The second-order valence-electron chi connectivity index (χ2n) is 6.97. The highest BCUT2D eigenvalue weighted by Gasteiger charge is 2.11. The molecule has 0 bridgehead atoms. The fraction of sp³-hybridized carbons (Fsp3) is 0.227. The van der Waals surface area contributed by atoms with Crippen LogP contribution in [0.15, 0.2) is 58.7 Å². The quantitative estimate of drug-likeness (QED) is 0.501. The Labute approximate surface area is 176 Å². The molecule has 2 heterocycles. The summed E-state index contributed by atoms with van der Waals surface area (Å²) in [6, 6.07) is 15.9. The van der Waals surface area contributed by atoms with Gasteiger partial charge in [0.1, 0.15) is 0 Å². The lowest BCUT2D eigenvalue weighted by molar-refractivity contribution is -0.119. The summed E-state index contributed by atoms with van der Waals surface area (Å²) in [5, 5.41) is 7.32. The molecule has 0 spiro atoms. The van der Waals surface area contributed by atoms with Gasteiger partial charge in [-0.15, -0.1) is 23.1 Å². The smallest absolute Gasteiger partial charge is 0.258 e. The standard InChI is InChI=1S/C22H21N3O2S2/c1-14-11-29-22-24-19(10-21(27)25(14)22)12-28-13-20(26)23-15(2)17-8-7-16-5-3-4-6-18(16)9-17/h3-11,15H,12-13H2,1-2H3,(H,23,26). The number of amides is 1. The topological polar surface area (TPSA) is 63.5 Å². The van der Waals surface area contributed by atoms with Gasteiger partial charge in [-0.05, 0) is 36.2 Å². The SMILES string of the molecule is Cc1csc2nc(CSCC(=O)NC(C)c3ccc4ccccc4c3)cc(=O)n12. The Morgan fingerprint density at radius 3 is 2.83 bits per heavy atom. The van der Waals surface area contributed by atoms with E-state index in [1.54, 1.807) is 10.5 Å². The molecular weight excluding hydrogens is 402 g/mol. The van der Waals surface area contributed by atoms with Crippen molar-refractivity contribution in [2.45, 2.75) is 25.6 Å². The molecule has 0 radical (unpaired) electrons. The van der Waals surface area contributed by atoms with Crippen LogP contribution in [0.25, 0.3) is 15.7 Å². The Morgan fingerprint density at radius 1 is 1.21 bits per heavy atom. The van der Waals surface area contributed by atoms with Gasteiger partial charge in [0.05, 0.1) is 17.5 Å². The Bertz CT molecular complexity index is 1250. The van der Waals surface area contributed by atoms with Gasteiger partial charge < -0.3 is 5.32 Å². The van der Waals surface area contributed by atoms with E-state index in [4.69, 9.17) is 0 Å². The maximum Gasteiger partial charge on any atom is 0.258 e. The van der Waals surface area contributed by atoms with Gasteiger partial charge in [0.2, 0.25) is 5.91 Å². The van der Waals surface area contributed by atoms with E-state index in [0.717, 1.165) is 16.6 Å². The maximum atomic E-state index is 12.3. The normalized spacial score (nSPS) is 12.3. The van der Waals surface area contributed by atoms with E-state index < -0.39 is 0 Å². The van der Waals surface area contributed by atoms with Crippen LogP contribution in [0.5, 0.6) is 0 Å². The van der Waals surface area contributed by atoms with Crippen LogP contribution in [0, 0.1) is 6.92 Å². The van der Waals surface area contributed by atoms with Crippen LogP contribution in [0.4, 0.5) is 0 Å². The zero-order chi connectivity index (χ0) is 20.4. The summed E-state index contributed by atoms with van der Waals surface area (Å²) in [6.45, 7) is 3.88. The number of aryl methyl sites for hydroxylation is 1.